The summed E-state index contributed by atoms with van der Waals surface area (Å²) >= 11 is 0. The summed E-state index contributed by atoms with van der Waals surface area (Å²) in [6.45, 7) is 7.02. The van der Waals surface area contributed by atoms with Gasteiger partial charge in [-0.15, -0.1) is 0 Å². The van der Waals surface area contributed by atoms with Gasteiger partial charge in [0.15, 0.2) is 0 Å². The summed E-state index contributed by atoms with van der Waals surface area (Å²) in [5.41, 5.74) is 1.88. The van der Waals surface area contributed by atoms with Gasteiger partial charge in [0.05, 0.1) is 7.11 Å². The average Bonchev–Trinajstić information content (AvgIpc) is 2.41. The molecule has 0 aliphatic heterocycles. The van der Waals surface area contributed by atoms with Crippen LogP contribution in [0.4, 0.5) is 0 Å². The Morgan fingerprint density at radius 3 is 2.26 bits per heavy atom. The van der Waals surface area contributed by atoms with Crippen molar-refractivity contribution in [3.63, 3.8) is 0 Å². The molecule has 1 N–H and O–H groups in total. The summed E-state index contributed by atoms with van der Waals surface area (Å²) in [7, 11) is 1.71. The van der Waals surface area contributed by atoms with Crippen LogP contribution in [0.1, 0.15) is 58.1 Å². The molecule has 2 nitrogen and oxygen atoms in total. The van der Waals surface area contributed by atoms with Crippen LogP contribution in [0.5, 0.6) is 5.75 Å². The maximum atomic E-state index is 5.20. The molecule has 1 aliphatic rings. The van der Waals surface area contributed by atoms with E-state index in [-0.39, 0.29) is 0 Å². The second-order valence-corrected chi connectivity index (χ2v) is 6.60. The number of ether oxygens (including phenoxy) is 1. The van der Waals surface area contributed by atoms with Gasteiger partial charge in [0, 0.05) is 12.1 Å². The standard InChI is InChI=1S/C17H27NO/c1-13(14-5-7-16(19-4)8-6-14)18-15-9-11-17(2,3)12-10-15/h5-8,13,15,18H,9-12H2,1-4H3. The minimum absolute atomic E-state index is 0.414. The monoisotopic (exact) mass is 261 g/mol. The third-order valence-corrected chi connectivity index (χ3v) is 4.44. The van der Waals surface area contributed by atoms with Gasteiger partial charge in [0.2, 0.25) is 0 Å². The summed E-state index contributed by atoms with van der Waals surface area (Å²) in [5, 5.41) is 3.77. The third-order valence-electron chi connectivity index (χ3n) is 4.44. The minimum Gasteiger partial charge on any atom is -0.497 e. The van der Waals surface area contributed by atoms with Crippen molar-refractivity contribution < 1.29 is 4.74 Å². The van der Waals surface area contributed by atoms with E-state index in [2.05, 4.69) is 38.2 Å². The lowest BCUT2D eigenvalue weighted by Crippen LogP contribution is -2.36. The van der Waals surface area contributed by atoms with Crippen molar-refractivity contribution in [3.8, 4) is 5.75 Å². The zero-order valence-corrected chi connectivity index (χ0v) is 12.7. The largest absolute Gasteiger partial charge is 0.497 e. The molecule has 1 aromatic carbocycles. The molecule has 1 fully saturated rings. The van der Waals surface area contributed by atoms with Gasteiger partial charge in [-0.2, -0.15) is 0 Å². The van der Waals surface area contributed by atoms with Gasteiger partial charge in [0.25, 0.3) is 0 Å². The zero-order valence-electron chi connectivity index (χ0n) is 12.7. The molecule has 2 rings (SSSR count). The van der Waals surface area contributed by atoms with Crippen molar-refractivity contribution in [2.75, 3.05) is 7.11 Å². The SMILES string of the molecule is COc1ccc(C(C)NC2CCC(C)(C)CC2)cc1. The predicted octanol–water partition coefficient (Wildman–Crippen LogP) is 4.31. The van der Waals surface area contributed by atoms with Gasteiger partial charge < -0.3 is 10.1 Å². The molecule has 1 aliphatic carbocycles. The van der Waals surface area contributed by atoms with Gasteiger partial charge in [-0.1, -0.05) is 26.0 Å². The van der Waals surface area contributed by atoms with E-state index < -0.39 is 0 Å². The quantitative estimate of drug-likeness (QED) is 0.871. The maximum absolute atomic E-state index is 5.20. The van der Waals surface area contributed by atoms with E-state index in [0.29, 0.717) is 17.5 Å². The first-order chi connectivity index (χ1) is 9.00. The fourth-order valence-electron chi connectivity index (χ4n) is 2.91. The van der Waals surface area contributed by atoms with E-state index in [4.69, 9.17) is 4.74 Å². The van der Waals surface area contributed by atoms with Crippen molar-refractivity contribution in [2.24, 2.45) is 5.41 Å². The lowest BCUT2D eigenvalue weighted by molar-refractivity contribution is 0.200. The van der Waals surface area contributed by atoms with E-state index in [9.17, 15) is 0 Å². The topological polar surface area (TPSA) is 21.3 Å². The van der Waals surface area contributed by atoms with Crippen molar-refractivity contribution in [3.05, 3.63) is 29.8 Å². The molecule has 0 bridgehead atoms. The third kappa shape index (κ3) is 3.97. The Hall–Kier alpha value is -1.02. The summed E-state index contributed by atoms with van der Waals surface area (Å²) in [6.07, 6.45) is 5.26. The fourth-order valence-corrected chi connectivity index (χ4v) is 2.91. The lowest BCUT2D eigenvalue weighted by Gasteiger charge is -2.36. The van der Waals surface area contributed by atoms with Crippen molar-refractivity contribution in [2.45, 2.75) is 58.5 Å². The smallest absolute Gasteiger partial charge is 0.118 e. The van der Waals surface area contributed by atoms with Crippen LogP contribution in [0, 0.1) is 5.41 Å². The molecule has 0 amide bonds. The van der Waals surface area contributed by atoms with Gasteiger partial charge in [0.1, 0.15) is 5.75 Å². The normalized spacial score (nSPS) is 21.1. The van der Waals surface area contributed by atoms with Crippen LogP contribution >= 0.6 is 0 Å². The first-order valence-corrected chi connectivity index (χ1v) is 7.40. The van der Waals surface area contributed by atoms with Crippen LogP contribution in [0.3, 0.4) is 0 Å². The number of hydrogen-bond acceptors (Lipinski definition) is 2. The number of hydrogen-bond donors (Lipinski definition) is 1. The van der Waals surface area contributed by atoms with E-state index in [1.807, 2.05) is 12.1 Å². The maximum Gasteiger partial charge on any atom is 0.118 e. The van der Waals surface area contributed by atoms with Gasteiger partial charge in [-0.05, 0) is 55.7 Å². The van der Waals surface area contributed by atoms with Gasteiger partial charge in [-0.25, -0.2) is 0 Å². The van der Waals surface area contributed by atoms with Crippen LogP contribution in [0.15, 0.2) is 24.3 Å². The molecule has 1 aromatic rings. The molecular weight excluding hydrogens is 234 g/mol. The van der Waals surface area contributed by atoms with Crippen LogP contribution in [0.25, 0.3) is 0 Å². The molecule has 1 unspecified atom stereocenters. The molecule has 0 radical (unpaired) electrons. The van der Waals surface area contributed by atoms with Gasteiger partial charge in [-0.3, -0.25) is 0 Å². The summed E-state index contributed by atoms with van der Waals surface area (Å²) < 4.78 is 5.20. The predicted molar refractivity (Wildman–Crippen MR) is 80.6 cm³/mol. The number of rotatable bonds is 4. The summed E-state index contributed by atoms with van der Waals surface area (Å²) in [5.74, 6) is 0.926. The minimum atomic E-state index is 0.414. The second kappa shape index (κ2) is 5.96. The highest BCUT2D eigenvalue weighted by molar-refractivity contribution is 5.28. The van der Waals surface area contributed by atoms with Crippen LogP contribution in [0.2, 0.25) is 0 Å². The first-order valence-electron chi connectivity index (χ1n) is 7.40. The summed E-state index contributed by atoms with van der Waals surface area (Å²) in [4.78, 5) is 0. The van der Waals surface area contributed by atoms with Crippen molar-refractivity contribution in [1.82, 2.24) is 5.32 Å². The second-order valence-electron chi connectivity index (χ2n) is 6.60. The molecule has 19 heavy (non-hydrogen) atoms. The van der Waals surface area contributed by atoms with Crippen molar-refractivity contribution in [1.29, 1.82) is 0 Å². The Morgan fingerprint density at radius 1 is 1.16 bits per heavy atom. The molecule has 0 heterocycles. The fraction of sp³-hybridized carbons (Fsp3) is 0.647. The molecular formula is C17H27NO. The van der Waals surface area contributed by atoms with Crippen molar-refractivity contribution >= 4 is 0 Å². The van der Waals surface area contributed by atoms with Gasteiger partial charge >= 0.3 is 0 Å². The van der Waals surface area contributed by atoms with Crippen LogP contribution in [-0.4, -0.2) is 13.2 Å². The number of methoxy groups -OCH3 is 1. The number of nitrogens with one attached hydrogen (secondary N) is 1. The molecule has 0 spiro atoms. The van der Waals surface area contributed by atoms with E-state index in [0.717, 1.165) is 5.75 Å². The Bertz CT molecular complexity index is 386. The zero-order chi connectivity index (χ0) is 13.9. The molecule has 2 heteroatoms. The van der Waals surface area contributed by atoms with E-state index in [1.165, 1.54) is 31.2 Å². The highest BCUT2D eigenvalue weighted by Gasteiger charge is 2.27. The molecule has 106 valence electrons. The number of benzene rings is 1. The van der Waals surface area contributed by atoms with E-state index >= 15 is 0 Å². The molecule has 1 atom stereocenters. The summed E-state index contributed by atoms with van der Waals surface area (Å²) in [6, 6.07) is 9.48. The van der Waals surface area contributed by atoms with Crippen LogP contribution < -0.4 is 10.1 Å². The Labute approximate surface area is 117 Å². The molecule has 1 saturated carbocycles. The highest BCUT2D eigenvalue weighted by atomic mass is 16.5. The Balaban J connectivity index is 1.88. The molecule has 0 saturated heterocycles. The van der Waals surface area contributed by atoms with E-state index in [1.54, 1.807) is 7.11 Å². The lowest BCUT2D eigenvalue weighted by atomic mass is 9.75. The molecule has 0 aromatic heterocycles. The Kier molecular flexibility index (Phi) is 4.51. The Morgan fingerprint density at radius 2 is 1.74 bits per heavy atom. The first kappa shape index (κ1) is 14.4. The average molecular weight is 261 g/mol. The van der Waals surface area contributed by atoms with Crippen LogP contribution in [-0.2, 0) is 0 Å². The highest BCUT2D eigenvalue weighted by Crippen LogP contribution is 2.35.